The van der Waals surface area contributed by atoms with E-state index >= 15 is 0 Å². The lowest BCUT2D eigenvalue weighted by molar-refractivity contribution is 0.669. The van der Waals surface area contributed by atoms with E-state index in [2.05, 4.69) is 461 Å². The zero-order valence-corrected chi connectivity index (χ0v) is 70.3. The van der Waals surface area contributed by atoms with Crippen molar-refractivity contribution in [3.63, 3.8) is 0 Å². The van der Waals surface area contributed by atoms with Crippen molar-refractivity contribution in [3.05, 3.63) is 473 Å². The van der Waals surface area contributed by atoms with Crippen LogP contribution in [0.25, 0.3) is 263 Å². The molecule has 27 aromatic rings. The van der Waals surface area contributed by atoms with E-state index < -0.39 is 0 Å². The van der Waals surface area contributed by atoms with Crippen LogP contribution in [0.1, 0.15) is 0 Å². The van der Waals surface area contributed by atoms with E-state index in [1.165, 1.54) is 186 Å². The van der Waals surface area contributed by atoms with Gasteiger partial charge in [0.2, 0.25) is 0 Å². The number of fused-ring (bicyclic) bond motifs is 18. The summed E-state index contributed by atoms with van der Waals surface area (Å²) in [5.74, 6) is 0. The molecule has 0 aliphatic heterocycles. The molecule has 0 N–H and O–H groups in total. The fraction of sp³-hybridized carbons (Fsp3) is 0. The Balaban J connectivity index is 0.000000105. The molecule has 600 valence electrons. The van der Waals surface area contributed by atoms with Gasteiger partial charge in [-0.3, -0.25) is 0 Å². The average molecular weight is 1640 g/mol. The SMILES string of the molecule is c1ccc(-c2c3ccccc3c(-c3cc(-c4cccc5ccccc45)c4oc5ccccc5c4c3)c3ccccc23)cc1.c1ccc(-c2c3ccccc3c(-c3cc4c(cc3-c3cccc5ccccc35)oc3ccccc34)c3ccccc23)cc1.c1ccc(-c2c3ccccc3c(-c3ccc4oc5c(-c6cccc7ccccc67)cccc5c4c3)c3ccccc23)cc1. The maximum Gasteiger partial charge on any atom is 0.143 e. The van der Waals surface area contributed by atoms with Crippen molar-refractivity contribution in [1.29, 1.82) is 0 Å². The molecule has 0 aliphatic rings. The predicted octanol–water partition coefficient (Wildman–Crippen LogP) is 36.1. The third-order valence-corrected chi connectivity index (χ3v) is 26.6. The van der Waals surface area contributed by atoms with Gasteiger partial charge in [0.15, 0.2) is 0 Å². The van der Waals surface area contributed by atoms with E-state index in [1.54, 1.807) is 0 Å². The highest BCUT2D eigenvalue weighted by Gasteiger charge is 2.27. The molecule has 0 saturated carbocycles. The first-order valence-electron chi connectivity index (χ1n) is 44.3. The van der Waals surface area contributed by atoms with Crippen LogP contribution in [0.3, 0.4) is 0 Å². The van der Waals surface area contributed by atoms with Crippen molar-refractivity contribution < 1.29 is 13.3 Å². The van der Waals surface area contributed by atoms with Gasteiger partial charge < -0.3 is 13.3 Å². The maximum atomic E-state index is 6.63. The van der Waals surface area contributed by atoms with Crippen LogP contribution in [0, 0.1) is 0 Å². The van der Waals surface area contributed by atoms with Crippen molar-refractivity contribution in [2.24, 2.45) is 0 Å². The van der Waals surface area contributed by atoms with Gasteiger partial charge in [-0.2, -0.15) is 0 Å². The van der Waals surface area contributed by atoms with Crippen LogP contribution in [0.5, 0.6) is 0 Å². The van der Waals surface area contributed by atoms with Crippen molar-refractivity contribution in [3.8, 4) is 100 Å². The maximum absolute atomic E-state index is 6.63. The summed E-state index contributed by atoms with van der Waals surface area (Å²) < 4.78 is 19.7. The lowest BCUT2D eigenvalue weighted by atomic mass is 9.83. The molecule has 3 heterocycles. The normalized spacial score (nSPS) is 11.7. The molecule has 0 fully saturated rings. The highest BCUT2D eigenvalue weighted by Crippen LogP contribution is 2.53. The smallest absolute Gasteiger partial charge is 0.143 e. The van der Waals surface area contributed by atoms with E-state index in [-0.39, 0.29) is 0 Å². The van der Waals surface area contributed by atoms with Crippen LogP contribution < -0.4 is 0 Å². The molecule has 0 unspecified atom stereocenters. The zero-order valence-electron chi connectivity index (χ0n) is 70.3. The largest absolute Gasteiger partial charge is 0.456 e. The van der Waals surface area contributed by atoms with Gasteiger partial charge >= 0.3 is 0 Å². The molecule has 0 aliphatic carbocycles. The van der Waals surface area contributed by atoms with Gasteiger partial charge in [-0.05, 0) is 234 Å². The quantitative estimate of drug-likeness (QED) is 0.135. The Morgan fingerprint density at radius 3 is 0.822 bits per heavy atom. The van der Waals surface area contributed by atoms with Crippen LogP contribution in [0.4, 0.5) is 0 Å². The summed E-state index contributed by atoms with van der Waals surface area (Å²) in [7, 11) is 0. The summed E-state index contributed by atoms with van der Waals surface area (Å²) in [6.07, 6.45) is 0. The minimum atomic E-state index is 0.904. The molecule has 3 heteroatoms. The van der Waals surface area contributed by atoms with Crippen LogP contribution in [0.15, 0.2) is 486 Å². The highest BCUT2D eigenvalue weighted by atomic mass is 16.3. The van der Waals surface area contributed by atoms with Gasteiger partial charge in [-0.1, -0.05) is 425 Å². The van der Waals surface area contributed by atoms with Gasteiger partial charge in [0.05, 0.1) is 0 Å². The number of furan rings is 3. The summed E-state index contributed by atoms with van der Waals surface area (Å²) in [5.41, 5.74) is 27.3. The Morgan fingerprint density at radius 1 is 0.109 bits per heavy atom. The average Bonchev–Trinajstić information content (AvgIpc) is 1.03. The summed E-state index contributed by atoms with van der Waals surface area (Å²) in [6.45, 7) is 0. The van der Waals surface area contributed by atoms with Crippen molar-refractivity contribution >= 4 is 163 Å². The Bertz CT molecular complexity index is 9000. The zero-order chi connectivity index (χ0) is 85.0. The van der Waals surface area contributed by atoms with Gasteiger partial charge in [-0.15, -0.1) is 0 Å². The van der Waals surface area contributed by atoms with Crippen LogP contribution in [-0.2, 0) is 0 Å². The standard InChI is InChI=1S/3C42H26O/c1-2-13-28(14-3-1)40-32-17-6-8-19-34(32)41(35-20-9-7-18-33(35)40)29-24-25-39-38(26-29)37-23-11-22-36(42(37)43-39)31-21-10-15-27-12-4-5-16-30(27)31;1-2-14-28(15-3-1)40-33-19-6-8-21-35(33)41(36-22-9-7-20-34(36)40)29-25-37(31-23-12-16-27-13-4-5-17-30(27)31)42-38(26-29)32-18-10-11-24-39(32)43-42;1-2-14-28(15-3-1)41-32-19-6-8-21-34(32)42(35-22-9-7-20-33(35)41)38-25-37-31-18-10-11-24-39(31)43-40(37)26-36(38)30-23-12-16-27-13-4-5-17-29(27)30/h3*1-26H. The van der Waals surface area contributed by atoms with Gasteiger partial charge in [0, 0.05) is 43.4 Å². The van der Waals surface area contributed by atoms with E-state index in [4.69, 9.17) is 13.3 Å². The second kappa shape index (κ2) is 31.1. The third kappa shape index (κ3) is 12.5. The van der Waals surface area contributed by atoms with Gasteiger partial charge in [0.25, 0.3) is 0 Å². The monoisotopic (exact) mass is 1640 g/mol. The summed E-state index contributed by atoms with van der Waals surface area (Å²) in [6, 6.07) is 170. The topological polar surface area (TPSA) is 39.4 Å². The molecule has 0 radical (unpaired) electrons. The first-order chi connectivity index (χ1) is 64.0. The molecule has 0 saturated heterocycles. The molecule has 129 heavy (non-hydrogen) atoms. The lowest BCUT2D eigenvalue weighted by Crippen LogP contribution is -1.93. The first-order valence-corrected chi connectivity index (χ1v) is 44.3. The van der Waals surface area contributed by atoms with Gasteiger partial charge in [0.1, 0.15) is 33.5 Å². The van der Waals surface area contributed by atoms with Crippen LogP contribution in [-0.4, -0.2) is 0 Å². The number of rotatable bonds is 9. The summed E-state index contributed by atoms with van der Waals surface area (Å²) in [5, 5.41) is 29.2. The first kappa shape index (κ1) is 74.6. The lowest BCUT2D eigenvalue weighted by Gasteiger charge is -2.20. The molecule has 3 aromatic heterocycles. The van der Waals surface area contributed by atoms with E-state index in [0.29, 0.717) is 0 Å². The molecular weight excluding hydrogens is 1560 g/mol. The van der Waals surface area contributed by atoms with Crippen LogP contribution >= 0.6 is 0 Å². The second-order valence-electron chi connectivity index (χ2n) is 33.7. The third-order valence-electron chi connectivity index (χ3n) is 26.6. The van der Waals surface area contributed by atoms with E-state index in [0.717, 1.165) is 76.9 Å². The Labute approximate surface area is 744 Å². The fourth-order valence-electron chi connectivity index (χ4n) is 21.0. The van der Waals surface area contributed by atoms with Crippen molar-refractivity contribution in [2.45, 2.75) is 0 Å². The molecule has 0 spiro atoms. The second-order valence-corrected chi connectivity index (χ2v) is 33.7. The van der Waals surface area contributed by atoms with E-state index in [1.807, 2.05) is 12.1 Å². The van der Waals surface area contributed by atoms with Gasteiger partial charge in [-0.25, -0.2) is 0 Å². The molecule has 27 rings (SSSR count). The number of hydrogen-bond donors (Lipinski definition) is 0. The number of para-hydroxylation sites is 3. The molecule has 0 amide bonds. The molecule has 24 aromatic carbocycles. The number of hydrogen-bond acceptors (Lipinski definition) is 3. The van der Waals surface area contributed by atoms with Crippen molar-refractivity contribution in [1.82, 2.24) is 0 Å². The highest BCUT2D eigenvalue weighted by molar-refractivity contribution is 6.28. The Morgan fingerprint density at radius 2 is 0.388 bits per heavy atom. The van der Waals surface area contributed by atoms with Crippen molar-refractivity contribution in [2.75, 3.05) is 0 Å². The Kier molecular flexibility index (Phi) is 18.0. The number of benzene rings is 24. The fourth-order valence-corrected chi connectivity index (χ4v) is 21.0. The Hall–Kier alpha value is -17.0. The molecule has 0 atom stereocenters. The minimum Gasteiger partial charge on any atom is -0.456 e. The summed E-state index contributed by atoms with van der Waals surface area (Å²) in [4.78, 5) is 0. The van der Waals surface area contributed by atoms with Crippen LogP contribution in [0.2, 0.25) is 0 Å². The summed E-state index contributed by atoms with van der Waals surface area (Å²) >= 11 is 0. The predicted molar refractivity (Wildman–Crippen MR) is 548 cm³/mol. The van der Waals surface area contributed by atoms with E-state index in [9.17, 15) is 0 Å². The molecule has 3 nitrogen and oxygen atoms in total. The molecular formula is C126H78O3. The minimum absolute atomic E-state index is 0.904. The molecule has 0 bridgehead atoms.